The van der Waals surface area contributed by atoms with Crippen LogP contribution in [0.15, 0.2) is 18.3 Å². The Hall–Kier alpha value is -1.25. The first-order chi connectivity index (χ1) is 7.13. The molecule has 2 rings (SSSR count). The molecule has 0 spiro atoms. The first-order valence-electron chi connectivity index (χ1n) is 5.58. The molecule has 0 aliphatic carbocycles. The van der Waals surface area contributed by atoms with Crippen LogP contribution in [0.1, 0.15) is 32.4 Å². The predicted molar refractivity (Wildman–Crippen MR) is 59.6 cm³/mol. The van der Waals surface area contributed by atoms with Crippen molar-refractivity contribution in [2.75, 3.05) is 0 Å². The highest BCUT2D eigenvalue weighted by molar-refractivity contribution is 5.79. The summed E-state index contributed by atoms with van der Waals surface area (Å²) in [5.41, 5.74) is 1.27. The maximum atomic E-state index is 11.2. The Labute approximate surface area is 90.5 Å². The van der Waals surface area contributed by atoms with E-state index in [1.807, 2.05) is 0 Å². The van der Waals surface area contributed by atoms with Crippen molar-refractivity contribution in [3.05, 3.63) is 24.0 Å². The molecular weight excluding hydrogens is 188 g/mol. The third-order valence-corrected chi connectivity index (χ3v) is 3.18. The van der Waals surface area contributed by atoms with Crippen LogP contribution in [0, 0.1) is 0 Å². The second kappa shape index (κ2) is 3.72. The predicted octanol–water partition coefficient (Wildman–Crippen LogP) is 1.72. The van der Waals surface area contributed by atoms with Crippen LogP contribution in [0.3, 0.4) is 0 Å². The van der Waals surface area contributed by atoms with Gasteiger partial charge in [0.15, 0.2) is 0 Å². The van der Waals surface area contributed by atoms with Gasteiger partial charge in [-0.2, -0.15) is 0 Å². The lowest BCUT2D eigenvalue weighted by Crippen LogP contribution is -2.40. The van der Waals surface area contributed by atoms with Gasteiger partial charge in [-0.3, -0.25) is 4.79 Å². The van der Waals surface area contributed by atoms with E-state index in [-0.39, 0.29) is 11.4 Å². The van der Waals surface area contributed by atoms with Crippen molar-refractivity contribution in [1.82, 2.24) is 9.88 Å². The molecule has 1 amide bonds. The number of aromatic nitrogens is 1. The lowest BCUT2D eigenvalue weighted by atomic mass is 9.94. The van der Waals surface area contributed by atoms with Crippen molar-refractivity contribution in [2.24, 2.45) is 0 Å². The smallest absolute Gasteiger partial charge is 0.220 e. The van der Waals surface area contributed by atoms with Crippen LogP contribution in [0.2, 0.25) is 0 Å². The van der Waals surface area contributed by atoms with Gasteiger partial charge in [-0.15, -0.1) is 0 Å². The summed E-state index contributed by atoms with van der Waals surface area (Å²) in [6, 6.07) is 4.21. The van der Waals surface area contributed by atoms with E-state index in [0.717, 1.165) is 19.4 Å². The molecule has 1 aromatic heterocycles. The molecule has 0 aromatic carbocycles. The lowest BCUT2D eigenvalue weighted by molar-refractivity contribution is -0.119. The summed E-state index contributed by atoms with van der Waals surface area (Å²) < 4.78 is 2.23. The molecule has 82 valence electrons. The van der Waals surface area contributed by atoms with Gasteiger partial charge in [0.1, 0.15) is 0 Å². The zero-order valence-electron chi connectivity index (χ0n) is 9.42. The van der Waals surface area contributed by atoms with E-state index in [4.69, 9.17) is 0 Å². The Morgan fingerprint density at radius 3 is 3.00 bits per heavy atom. The first-order valence-corrected chi connectivity index (χ1v) is 5.58. The summed E-state index contributed by atoms with van der Waals surface area (Å²) >= 11 is 0. The highest BCUT2D eigenvalue weighted by Gasteiger charge is 2.33. The summed E-state index contributed by atoms with van der Waals surface area (Å²) in [7, 11) is 0. The summed E-state index contributed by atoms with van der Waals surface area (Å²) in [5, 5.41) is 3.07. The van der Waals surface area contributed by atoms with E-state index in [2.05, 4.69) is 42.1 Å². The van der Waals surface area contributed by atoms with Crippen LogP contribution in [-0.4, -0.2) is 16.0 Å². The molecule has 15 heavy (non-hydrogen) atoms. The van der Waals surface area contributed by atoms with Gasteiger partial charge < -0.3 is 9.88 Å². The third-order valence-electron chi connectivity index (χ3n) is 3.18. The Morgan fingerprint density at radius 2 is 2.40 bits per heavy atom. The number of aryl methyl sites for hydroxylation is 1. The molecule has 1 aliphatic rings. The highest BCUT2D eigenvalue weighted by atomic mass is 16.2. The van der Waals surface area contributed by atoms with Crippen molar-refractivity contribution >= 4 is 5.91 Å². The van der Waals surface area contributed by atoms with Crippen molar-refractivity contribution in [1.29, 1.82) is 0 Å². The fourth-order valence-electron chi connectivity index (χ4n) is 2.30. The van der Waals surface area contributed by atoms with Crippen LogP contribution in [-0.2, 0) is 17.8 Å². The van der Waals surface area contributed by atoms with Gasteiger partial charge in [-0.1, -0.05) is 0 Å². The maximum Gasteiger partial charge on any atom is 0.220 e. The number of carbonyl (C=O) groups is 1. The Bertz CT molecular complexity index is 369. The number of amides is 1. The van der Waals surface area contributed by atoms with Crippen molar-refractivity contribution in [2.45, 2.75) is 45.2 Å². The van der Waals surface area contributed by atoms with Crippen LogP contribution < -0.4 is 5.32 Å². The van der Waals surface area contributed by atoms with Crippen molar-refractivity contribution < 1.29 is 4.79 Å². The van der Waals surface area contributed by atoms with Crippen molar-refractivity contribution in [3.63, 3.8) is 0 Å². The van der Waals surface area contributed by atoms with Gasteiger partial charge in [-0.05, 0) is 32.4 Å². The second-order valence-corrected chi connectivity index (χ2v) is 4.57. The zero-order valence-corrected chi connectivity index (χ0v) is 9.42. The Kier molecular flexibility index (Phi) is 2.55. The van der Waals surface area contributed by atoms with Gasteiger partial charge in [0, 0.05) is 36.8 Å². The molecule has 3 heteroatoms. The van der Waals surface area contributed by atoms with Gasteiger partial charge in [0.05, 0.1) is 0 Å². The van der Waals surface area contributed by atoms with Gasteiger partial charge in [0.2, 0.25) is 5.91 Å². The third kappa shape index (κ3) is 2.06. The molecule has 1 N–H and O–H groups in total. The zero-order chi connectivity index (χ0) is 10.9. The molecule has 2 heterocycles. The van der Waals surface area contributed by atoms with E-state index in [0.29, 0.717) is 6.42 Å². The van der Waals surface area contributed by atoms with E-state index >= 15 is 0 Å². The molecule has 0 bridgehead atoms. The number of rotatable bonds is 3. The van der Waals surface area contributed by atoms with Crippen molar-refractivity contribution in [3.8, 4) is 0 Å². The van der Waals surface area contributed by atoms with Crippen LogP contribution >= 0.6 is 0 Å². The van der Waals surface area contributed by atoms with Crippen LogP contribution in [0.25, 0.3) is 0 Å². The number of nitrogens with zero attached hydrogens (tertiary/aromatic N) is 1. The molecule has 1 aliphatic heterocycles. The standard InChI is InChI=1S/C12H18N2O/c1-3-14-8-4-5-10(14)9-12(2)7-6-11(15)13-12/h4-5,8H,3,6-7,9H2,1-2H3,(H,13,15). The number of carbonyl (C=O) groups excluding carboxylic acids is 1. The van der Waals surface area contributed by atoms with Gasteiger partial charge >= 0.3 is 0 Å². The fraction of sp³-hybridized carbons (Fsp3) is 0.583. The van der Waals surface area contributed by atoms with E-state index in [1.165, 1.54) is 5.69 Å². The SMILES string of the molecule is CCn1cccc1CC1(C)CCC(=O)N1. The van der Waals surface area contributed by atoms with E-state index in [1.54, 1.807) is 0 Å². The number of hydrogen-bond acceptors (Lipinski definition) is 1. The molecule has 0 saturated carbocycles. The molecule has 1 atom stereocenters. The molecule has 1 unspecified atom stereocenters. The fourth-order valence-corrected chi connectivity index (χ4v) is 2.30. The summed E-state index contributed by atoms with van der Waals surface area (Å²) in [6.45, 7) is 5.26. The molecule has 1 aromatic rings. The minimum Gasteiger partial charge on any atom is -0.352 e. The molecule has 1 fully saturated rings. The van der Waals surface area contributed by atoms with E-state index < -0.39 is 0 Å². The van der Waals surface area contributed by atoms with Crippen LogP contribution in [0.5, 0.6) is 0 Å². The normalized spacial score (nSPS) is 25.6. The summed E-state index contributed by atoms with van der Waals surface area (Å²) in [6.07, 6.45) is 4.64. The summed E-state index contributed by atoms with van der Waals surface area (Å²) in [4.78, 5) is 11.2. The first kappa shape index (κ1) is 10.3. The number of nitrogens with one attached hydrogen (secondary N) is 1. The molecule has 0 radical (unpaired) electrons. The lowest BCUT2D eigenvalue weighted by Gasteiger charge is -2.24. The largest absolute Gasteiger partial charge is 0.352 e. The van der Waals surface area contributed by atoms with Gasteiger partial charge in [-0.25, -0.2) is 0 Å². The van der Waals surface area contributed by atoms with E-state index in [9.17, 15) is 4.79 Å². The minimum atomic E-state index is -0.0393. The van der Waals surface area contributed by atoms with Gasteiger partial charge in [0.25, 0.3) is 0 Å². The average Bonchev–Trinajstić information content (AvgIpc) is 2.74. The Morgan fingerprint density at radius 1 is 1.60 bits per heavy atom. The topological polar surface area (TPSA) is 34.0 Å². The molecular formula is C12H18N2O. The van der Waals surface area contributed by atoms with Crippen LogP contribution in [0.4, 0.5) is 0 Å². The quantitative estimate of drug-likeness (QED) is 0.802. The monoisotopic (exact) mass is 206 g/mol. The summed E-state index contributed by atoms with van der Waals surface area (Å²) in [5.74, 6) is 0.187. The minimum absolute atomic E-state index is 0.0393. The second-order valence-electron chi connectivity index (χ2n) is 4.57. The average molecular weight is 206 g/mol. The molecule has 1 saturated heterocycles. The highest BCUT2D eigenvalue weighted by Crippen LogP contribution is 2.24. The molecule has 3 nitrogen and oxygen atoms in total. The number of hydrogen-bond donors (Lipinski definition) is 1. The Balaban J connectivity index is 2.11. The maximum absolute atomic E-state index is 11.2.